The van der Waals surface area contributed by atoms with E-state index in [2.05, 4.69) is 14.9 Å². The second kappa shape index (κ2) is 8.57. The van der Waals surface area contributed by atoms with E-state index in [9.17, 15) is 13.2 Å². The minimum absolute atomic E-state index is 0.0707. The number of carbonyl (C=O) groups excluding carboxylic acids is 1. The Morgan fingerprint density at radius 2 is 2.18 bits per heavy atom. The van der Waals surface area contributed by atoms with E-state index >= 15 is 0 Å². The predicted octanol–water partition coefficient (Wildman–Crippen LogP) is 2.27. The minimum Gasteiger partial charge on any atom is -0.364 e. The van der Waals surface area contributed by atoms with Gasteiger partial charge in [0.1, 0.15) is 5.69 Å². The van der Waals surface area contributed by atoms with Gasteiger partial charge in [-0.1, -0.05) is 6.07 Å². The SMILES string of the molecule is CC(C)S(=O)(=O)C[C@@H]1CCCN(c2nc(C(N)=O)c(Cc3ccccn3)s2)C1. The Labute approximate surface area is 169 Å². The molecule has 2 N–H and O–H groups in total. The standard InChI is InChI=1S/C19H26N4O3S2/c1-13(2)28(25,26)12-14-6-5-9-23(11-14)19-22-17(18(20)24)16(27-19)10-15-7-3-4-8-21-15/h3-4,7-8,13-14H,5-6,9-12H2,1-2H3,(H2,20,24)/t14-/m1/s1. The van der Waals surface area contributed by atoms with Crippen LogP contribution in [-0.4, -0.2) is 48.4 Å². The summed E-state index contributed by atoms with van der Waals surface area (Å²) in [6.07, 6.45) is 4.00. The van der Waals surface area contributed by atoms with Crippen LogP contribution in [0.3, 0.4) is 0 Å². The van der Waals surface area contributed by atoms with Crippen molar-refractivity contribution < 1.29 is 13.2 Å². The highest BCUT2D eigenvalue weighted by Crippen LogP contribution is 2.31. The van der Waals surface area contributed by atoms with E-state index in [0.29, 0.717) is 13.0 Å². The molecule has 0 unspecified atom stereocenters. The highest BCUT2D eigenvalue weighted by molar-refractivity contribution is 7.91. The maximum Gasteiger partial charge on any atom is 0.268 e. The summed E-state index contributed by atoms with van der Waals surface area (Å²) in [4.78, 5) is 23.6. The molecule has 2 aromatic rings. The number of primary amides is 1. The fourth-order valence-corrected chi connectivity index (χ4v) is 5.78. The topological polar surface area (TPSA) is 106 Å². The molecular weight excluding hydrogens is 396 g/mol. The second-order valence-electron chi connectivity index (χ2n) is 7.46. The first-order valence-electron chi connectivity index (χ1n) is 9.42. The van der Waals surface area contributed by atoms with Crippen LogP contribution in [0.2, 0.25) is 0 Å². The lowest BCUT2D eigenvalue weighted by molar-refractivity contribution is 0.0995. The van der Waals surface area contributed by atoms with Crippen molar-refractivity contribution in [2.45, 2.75) is 38.4 Å². The predicted molar refractivity (Wildman–Crippen MR) is 112 cm³/mol. The Balaban J connectivity index is 1.79. The number of amides is 1. The molecule has 1 aliphatic rings. The Kier molecular flexibility index (Phi) is 6.34. The smallest absolute Gasteiger partial charge is 0.268 e. The van der Waals surface area contributed by atoms with Crippen LogP contribution in [0, 0.1) is 5.92 Å². The Hall–Kier alpha value is -2.00. The van der Waals surface area contributed by atoms with Gasteiger partial charge < -0.3 is 10.6 Å². The molecule has 9 heteroatoms. The summed E-state index contributed by atoms with van der Waals surface area (Å²) in [6, 6.07) is 5.65. The molecule has 28 heavy (non-hydrogen) atoms. The van der Waals surface area contributed by atoms with E-state index < -0.39 is 15.7 Å². The number of nitrogens with two attached hydrogens (primary N) is 1. The van der Waals surface area contributed by atoms with E-state index in [-0.39, 0.29) is 22.6 Å². The van der Waals surface area contributed by atoms with Gasteiger partial charge in [-0.2, -0.15) is 0 Å². The number of nitrogens with zero attached hydrogens (tertiary/aromatic N) is 3. The zero-order valence-corrected chi connectivity index (χ0v) is 17.8. The van der Waals surface area contributed by atoms with Crippen LogP contribution < -0.4 is 10.6 Å². The molecule has 1 saturated heterocycles. The molecular formula is C19H26N4O3S2. The average molecular weight is 423 g/mol. The fourth-order valence-electron chi connectivity index (χ4n) is 3.35. The molecule has 2 aromatic heterocycles. The first kappa shape index (κ1) is 20.7. The molecule has 0 bridgehead atoms. The highest BCUT2D eigenvalue weighted by Gasteiger charge is 2.29. The Bertz CT molecular complexity index is 926. The molecule has 0 saturated carbocycles. The maximum atomic E-state index is 12.3. The lowest BCUT2D eigenvalue weighted by atomic mass is 10.0. The summed E-state index contributed by atoms with van der Waals surface area (Å²) in [5, 5.41) is 0.362. The van der Waals surface area contributed by atoms with Crippen LogP contribution in [0.1, 0.15) is 47.7 Å². The van der Waals surface area contributed by atoms with Gasteiger partial charge in [0.15, 0.2) is 15.0 Å². The number of anilines is 1. The van der Waals surface area contributed by atoms with E-state index in [0.717, 1.165) is 35.1 Å². The van der Waals surface area contributed by atoms with Crippen molar-refractivity contribution in [1.29, 1.82) is 0 Å². The maximum absolute atomic E-state index is 12.3. The van der Waals surface area contributed by atoms with Crippen LogP contribution in [0.25, 0.3) is 0 Å². The summed E-state index contributed by atoms with van der Waals surface area (Å²) >= 11 is 1.44. The third-order valence-electron chi connectivity index (χ3n) is 4.96. The van der Waals surface area contributed by atoms with Crippen molar-refractivity contribution in [3.8, 4) is 0 Å². The van der Waals surface area contributed by atoms with Gasteiger partial charge in [-0.15, -0.1) is 11.3 Å². The molecule has 152 valence electrons. The van der Waals surface area contributed by atoms with Gasteiger partial charge in [-0.05, 0) is 44.7 Å². The quantitative estimate of drug-likeness (QED) is 0.734. The molecule has 0 radical (unpaired) electrons. The molecule has 0 aliphatic carbocycles. The largest absolute Gasteiger partial charge is 0.364 e. The van der Waals surface area contributed by atoms with Gasteiger partial charge in [0, 0.05) is 36.3 Å². The van der Waals surface area contributed by atoms with Crippen molar-refractivity contribution in [1.82, 2.24) is 9.97 Å². The fraction of sp³-hybridized carbons (Fsp3) is 0.526. The van der Waals surface area contributed by atoms with Crippen molar-refractivity contribution >= 4 is 32.2 Å². The first-order valence-corrected chi connectivity index (χ1v) is 12.0. The molecule has 1 aliphatic heterocycles. The molecule has 7 nitrogen and oxygen atoms in total. The van der Waals surface area contributed by atoms with E-state index in [1.807, 2.05) is 18.2 Å². The van der Waals surface area contributed by atoms with Gasteiger partial charge in [0.25, 0.3) is 5.91 Å². The van der Waals surface area contributed by atoms with E-state index in [4.69, 9.17) is 5.73 Å². The van der Waals surface area contributed by atoms with E-state index in [1.54, 1.807) is 20.0 Å². The third-order valence-corrected chi connectivity index (χ3v) is 8.45. The van der Waals surface area contributed by atoms with Crippen LogP contribution in [0.5, 0.6) is 0 Å². The van der Waals surface area contributed by atoms with E-state index in [1.165, 1.54) is 11.3 Å². The number of thiazole rings is 1. The number of sulfone groups is 1. The summed E-state index contributed by atoms with van der Waals surface area (Å²) in [5.41, 5.74) is 6.67. The summed E-state index contributed by atoms with van der Waals surface area (Å²) in [5.74, 6) is -0.290. The average Bonchev–Trinajstić information content (AvgIpc) is 3.06. The number of hydrogen-bond acceptors (Lipinski definition) is 7. The van der Waals surface area contributed by atoms with Crippen molar-refractivity contribution in [2.24, 2.45) is 11.7 Å². The second-order valence-corrected chi connectivity index (χ2v) is 11.1. The van der Waals surface area contributed by atoms with Crippen molar-refractivity contribution in [2.75, 3.05) is 23.7 Å². The molecule has 3 rings (SSSR count). The zero-order chi connectivity index (χ0) is 20.3. The molecule has 1 fully saturated rings. The monoisotopic (exact) mass is 422 g/mol. The Morgan fingerprint density at radius 1 is 1.39 bits per heavy atom. The van der Waals surface area contributed by atoms with Gasteiger partial charge in [0.2, 0.25) is 0 Å². The highest BCUT2D eigenvalue weighted by atomic mass is 32.2. The number of piperidine rings is 1. The number of rotatable bonds is 7. The molecule has 0 aromatic carbocycles. The van der Waals surface area contributed by atoms with Gasteiger partial charge >= 0.3 is 0 Å². The van der Waals surface area contributed by atoms with Crippen molar-refractivity contribution in [3.63, 3.8) is 0 Å². The van der Waals surface area contributed by atoms with Crippen molar-refractivity contribution in [3.05, 3.63) is 40.7 Å². The number of hydrogen-bond donors (Lipinski definition) is 1. The van der Waals surface area contributed by atoms with Gasteiger partial charge in [-0.25, -0.2) is 13.4 Å². The van der Waals surface area contributed by atoms with Gasteiger partial charge in [0.05, 0.1) is 11.0 Å². The summed E-state index contributed by atoms with van der Waals surface area (Å²) in [7, 11) is -3.09. The van der Waals surface area contributed by atoms with Gasteiger partial charge in [-0.3, -0.25) is 9.78 Å². The lowest BCUT2D eigenvalue weighted by Crippen LogP contribution is -2.39. The third kappa shape index (κ3) is 4.88. The van der Waals surface area contributed by atoms with Crippen LogP contribution in [-0.2, 0) is 16.3 Å². The summed E-state index contributed by atoms with van der Waals surface area (Å²) in [6.45, 7) is 4.87. The molecule has 0 spiro atoms. The number of carbonyl (C=O) groups is 1. The molecule has 3 heterocycles. The summed E-state index contributed by atoms with van der Waals surface area (Å²) < 4.78 is 24.6. The minimum atomic E-state index is -3.09. The lowest BCUT2D eigenvalue weighted by Gasteiger charge is -2.32. The normalized spacial score (nSPS) is 17.8. The molecule has 1 atom stereocenters. The molecule has 1 amide bonds. The van der Waals surface area contributed by atoms with Crippen LogP contribution in [0.15, 0.2) is 24.4 Å². The number of pyridine rings is 1. The Morgan fingerprint density at radius 3 is 2.82 bits per heavy atom. The zero-order valence-electron chi connectivity index (χ0n) is 16.2. The first-order chi connectivity index (χ1) is 13.3. The van der Waals surface area contributed by atoms with Crippen LogP contribution in [0.4, 0.5) is 5.13 Å². The number of aromatic nitrogens is 2. The van der Waals surface area contributed by atoms with Crippen LogP contribution >= 0.6 is 11.3 Å².